The van der Waals surface area contributed by atoms with Crippen molar-refractivity contribution in [2.75, 3.05) is 28.0 Å². The van der Waals surface area contributed by atoms with E-state index in [0.717, 1.165) is 41.3 Å². The Balaban J connectivity index is 1.42. The van der Waals surface area contributed by atoms with Crippen LogP contribution in [0.25, 0.3) is 6.08 Å². The number of benzene rings is 2. The summed E-state index contributed by atoms with van der Waals surface area (Å²) in [4.78, 5) is 11.4. The van der Waals surface area contributed by atoms with Crippen molar-refractivity contribution in [2.24, 2.45) is 0 Å². The summed E-state index contributed by atoms with van der Waals surface area (Å²) in [5.74, 6) is 1.46. The van der Waals surface area contributed by atoms with Crippen molar-refractivity contribution in [3.63, 3.8) is 0 Å². The number of hydrogen-bond acceptors (Lipinski definition) is 6. The second-order valence-corrected chi connectivity index (χ2v) is 9.01. The lowest BCUT2D eigenvalue weighted by molar-refractivity contribution is 0.609. The van der Waals surface area contributed by atoms with E-state index in [4.69, 9.17) is 0 Å². The molecular formula is C23H25N5O2S. The highest BCUT2D eigenvalue weighted by Crippen LogP contribution is 2.23. The van der Waals surface area contributed by atoms with Crippen LogP contribution in [0.15, 0.2) is 66.1 Å². The molecule has 0 amide bonds. The highest BCUT2D eigenvalue weighted by molar-refractivity contribution is 7.95. The van der Waals surface area contributed by atoms with E-state index in [1.165, 1.54) is 12.8 Å². The molecule has 0 unspecified atom stereocenters. The highest BCUT2D eigenvalue weighted by atomic mass is 32.2. The van der Waals surface area contributed by atoms with Crippen LogP contribution in [0.3, 0.4) is 0 Å². The van der Waals surface area contributed by atoms with Gasteiger partial charge in [-0.25, -0.2) is 13.4 Å². The van der Waals surface area contributed by atoms with Crippen LogP contribution < -0.4 is 14.9 Å². The van der Waals surface area contributed by atoms with E-state index in [2.05, 4.69) is 24.9 Å². The van der Waals surface area contributed by atoms with Gasteiger partial charge in [0.05, 0.1) is 5.41 Å². The second kappa shape index (κ2) is 9.18. The van der Waals surface area contributed by atoms with Crippen molar-refractivity contribution in [1.29, 1.82) is 0 Å². The summed E-state index contributed by atoms with van der Waals surface area (Å²) in [5.41, 5.74) is 2.97. The molecule has 0 aliphatic carbocycles. The van der Waals surface area contributed by atoms with Crippen molar-refractivity contribution in [3.05, 3.63) is 77.3 Å². The zero-order chi connectivity index (χ0) is 21.7. The predicted octanol–water partition coefficient (Wildman–Crippen LogP) is 4.54. The largest absolute Gasteiger partial charge is 0.356 e. The van der Waals surface area contributed by atoms with E-state index in [-0.39, 0.29) is 0 Å². The number of hydrogen-bond donors (Lipinski definition) is 2. The van der Waals surface area contributed by atoms with Gasteiger partial charge in [-0.2, -0.15) is 4.98 Å². The molecule has 0 bridgehead atoms. The Hall–Kier alpha value is -3.39. The highest BCUT2D eigenvalue weighted by Gasteiger charge is 2.15. The Bertz CT molecular complexity index is 1160. The molecule has 2 heterocycles. The topological polar surface area (TPSA) is 87.2 Å². The van der Waals surface area contributed by atoms with Gasteiger partial charge in [0, 0.05) is 36.2 Å². The van der Waals surface area contributed by atoms with Gasteiger partial charge in [0.15, 0.2) is 0 Å². The van der Waals surface area contributed by atoms with Gasteiger partial charge in [0.25, 0.3) is 10.0 Å². The average Bonchev–Trinajstić information content (AvgIpc) is 3.29. The summed E-state index contributed by atoms with van der Waals surface area (Å²) in [7, 11) is -3.61. The van der Waals surface area contributed by atoms with Crippen molar-refractivity contribution in [1.82, 2.24) is 9.97 Å². The Kier molecular flexibility index (Phi) is 6.18. The van der Waals surface area contributed by atoms with Crippen LogP contribution in [0.5, 0.6) is 0 Å². The second-order valence-electron chi connectivity index (χ2n) is 7.45. The first kappa shape index (κ1) is 20.9. The van der Waals surface area contributed by atoms with E-state index in [0.29, 0.717) is 11.6 Å². The fourth-order valence-electron chi connectivity index (χ4n) is 3.40. The van der Waals surface area contributed by atoms with Crippen LogP contribution in [0.1, 0.15) is 24.1 Å². The van der Waals surface area contributed by atoms with E-state index in [9.17, 15) is 8.42 Å². The predicted molar refractivity (Wildman–Crippen MR) is 126 cm³/mol. The van der Waals surface area contributed by atoms with E-state index in [1.54, 1.807) is 30.3 Å². The molecule has 8 heteroatoms. The van der Waals surface area contributed by atoms with Crippen molar-refractivity contribution in [2.45, 2.75) is 19.8 Å². The summed E-state index contributed by atoms with van der Waals surface area (Å²) in [6, 6.07) is 18.3. The molecule has 1 aromatic heterocycles. The summed E-state index contributed by atoms with van der Waals surface area (Å²) in [5, 5.41) is 4.37. The van der Waals surface area contributed by atoms with Crippen molar-refractivity contribution >= 4 is 39.2 Å². The summed E-state index contributed by atoms with van der Waals surface area (Å²) >= 11 is 0. The summed E-state index contributed by atoms with van der Waals surface area (Å²) in [6.07, 6.45) is 3.93. The van der Waals surface area contributed by atoms with E-state index in [1.807, 2.05) is 43.3 Å². The van der Waals surface area contributed by atoms with Crippen LogP contribution >= 0.6 is 0 Å². The zero-order valence-corrected chi connectivity index (χ0v) is 18.1. The number of nitrogens with zero attached hydrogens (tertiary/aromatic N) is 3. The average molecular weight is 436 g/mol. The molecule has 0 radical (unpaired) electrons. The van der Waals surface area contributed by atoms with Crippen LogP contribution in [0, 0.1) is 6.92 Å². The molecule has 1 saturated heterocycles. The molecule has 1 fully saturated rings. The van der Waals surface area contributed by atoms with E-state index >= 15 is 0 Å². The molecule has 2 aromatic carbocycles. The molecule has 0 spiro atoms. The third-order valence-corrected chi connectivity index (χ3v) is 5.93. The van der Waals surface area contributed by atoms with Crippen LogP contribution in [0.2, 0.25) is 0 Å². The lowest BCUT2D eigenvalue weighted by Gasteiger charge is -2.17. The Morgan fingerprint density at radius 3 is 2.32 bits per heavy atom. The maximum absolute atomic E-state index is 12.3. The number of sulfonamides is 1. The quantitative estimate of drug-likeness (QED) is 0.566. The minimum atomic E-state index is -3.61. The molecule has 1 aliphatic heterocycles. The normalized spacial score (nSPS) is 14.2. The maximum atomic E-state index is 12.3. The van der Waals surface area contributed by atoms with Gasteiger partial charge in [0.2, 0.25) is 5.95 Å². The Morgan fingerprint density at radius 1 is 0.935 bits per heavy atom. The zero-order valence-electron chi connectivity index (χ0n) is 17.3. The molecule has 31 heavy (non-hydrogen) atoms. The van der Waals surface area contributed by atoms with Crippen molar-refractivity contribution in [3.8, 4) is 0 Å². The molecule has 7 nitrogen and oxygen atoms in total. The standard InChI is InChI=1S/C23H25N5O2S/c1-18-17-22(28-14-5-6-15-28)26-23(24-18)25-20-9-11-21(12-10-20)27-31(29,30)16-13-19-7-3-2-4-8-19/h2-4,7-13,16-17,27H,5-6,14-15H2,1H3,(H,24,25,26)/b16-13+. The summed E-state index contributed by atoms with van der Waals surface area (Å²) in [6.45, 7) is 3.99. The monoisotopic (exact) mass is 435 g/mol. The molecular weight excluding hydrogens is 410 g/mol. The smallest absolute Gasteiger partial charge is 0.255 e. The van der Waals surface area contributed by atoms with Gasteiger partial charge in [-0.15, -0.1) is 0 Å². The van der Waals surface area contributed by atoms with Gasteiger partial charge in [0.1, 0.15) is 5.82 Å². The SMILES string of the molecule is Cc1cc(N2CCCC2)nc(Nc2ccc(NS(=O)(=O)/C=C/c3ccccc3)cc2)n1. The van der Waals surface area contributed by atoms with E-state index < -0.39 is 10.0 Å². The molecule has 2 N–H and O–H groups in total. The van der Waals surface area contributed by atoms with Gasteiger partial charge in [-0.05, 0) is 55.7 Å². The minimum absolute atomic E-state index is 0.478. The van der Waals surface area contributed by atoms with Gasteiger partial charge < -0.3 is 10.2 Å². The molecule has 4 rings (SSSR count). The number of anilines is 4. The first-order valence-electron chi connectivity index (χ1n) is 10.2. The minimum Gasteiger partial charge on any atom is -0.356 e. The third-order valence-electron chi connectivity index (χ3n) is 4.91. The molecule has 3 aromatic rings. The first-order valence-corrected chi connectivity index (χ1v) is 11.8. The summed E-state index contributed by atoms with van der Waals surface area (Å²) < 4.78 is 27.2. The number of rotatable bonds is 7. The molecule has 160 valence electrons. The fourth-order valence-corrected chi connectivity index (χ4v) is 4.27. The van der Waals surface area contributed by atoms with Gasteiger partial charge in [-0.1, -0.05) is 30.3 Å². The lowest BCUT2D eigenvalue weighted by Crippen LogP contribution is -2.19. The van der Waals surface area contributed by atoms with Crippen LogP contribution in [-0.4, -0.2) is 31.5 Å². The number of aryl methyl sites for hydroxylation is 1. The van der Waals surface area contributed by atoms with Gasteiger partial charge >= 0.3 is 0 Å². The molecule has 1 aliphatic rings. The lowest BCUT2D eigenvalue weighted by atomic mass is 10.2. The molecule has 0 atom stereocenters. The third kappa shape index (κ3) is 5.82. The first-order chi connectivity index (χ1) is 15.0. The van der Waals surface area contributed by atoms with Crippen molar-refractivity contribution < 1.29 is 8.42 Å². The Morgan fingerprint density at radius 2 is 1.61 bits per heavy atom. The molecule has 0 saturated carbocycles. The van der Waals surface area contributed by atoms with Crippen LogP contribution in [0.4, 0.5) is 23.1 Å². The van der Waals surface area contributed by atoms with Crippen LogP contribution in [-0.2, 0) is 10.0 Å². The maximum Gasteiger partial charge on any atom is 0.255 e. The number of aromatic nitrogens is 2. The fraction of sp³-hybridized carbons (Fsp3) is 0.217. The van der Waals surface area contributed by atoms with Gasteiger partial charge in [-0.3, -0.25) is 4.72 Å². The number of nitrogens with one attached hydrogen (secondary N) is 2. The Labute approximate surface area is 182 Å².